The monoisotopic (exact) mass is 678 g/mol. The third-order valence-corrected chi connectivity index (χ3v) is 6.22. The second-order valence-corrected chi connectivity index (χ2v) is 8.99. The van der Waals surface area contributed by atoms with Crippen molar-refractivity contribution >= 4 is 11.3 Å². The van der Waals surface area contributed by atoms with Gasteiger partial charge in [-0.05, 0) is 37.3 Å². The minimum Gasteiger partial charge on any atom is -0.267 e. The predicted octanol–water partition coefficient (Wildman–Crippen LogP) is 3.23. The molecule has 0 bridgehead atoms. The topological polar surface area (TPSA) is 97.1 Å². The van der Waals surface area contributed by atoms with Gasteiger partial charge in [0.05, 0.1) is 0 Å². The van der Waals surface area contributed by atoms with E-state index in [0.29, 0.717) is 0 Å². The molecular weight excluding hydrogens is 655 g/mol. The third kappa shape index (κ3) is 4.98. The zero-order valence-electron chi connectivity index (χ0n) is 19.6. The summed E-state index contributed by atoms with van der Waals surface area (Å²) in [5, 5.41) is 17.6. The van der Waals surface area contributed by atoms with Crippen LogP contribution in [-0.2, 0) is 33.4 Å². The molecule has 0 aliphatic rings. The van der Waals surface area contributed by atoms with Crippen LogP contribution >= 0.6 is 11.3 Å². The van der Waals surface area contributed by atoms with Crippen molar-refractivity contribution in [3.05, 3.63) is 120 Å². The summed E-state index contributed by atoms with van der Waals surface area (Å²) in [5.74, 6) is -0.121. The molecule has 10 nitrogen and oxygen atoms in total. The maximum atomic E-state index is 4.39. The Bertz CT molecular complexity index is 1280. The van der Waals surface area contributed by atoms with E-state index in [1.165, 1.54) is 15.3 Å². The average Bonchev–Trinajstić information content (AvgIpc) is 3.68. The van der Waals surface area contributed by atoms with Crippen LogP contribution in [-0.4, -0.2) is 49.1 Å². The number of thiophene rings is 1. The van der Waals surface area contributed by atoms with Crippen LogP contribution in [0.4, 0.5) is 0 Å². The molecule has 0 saturated heterocycles. The second-order valence-electron chi connectivity index (χ2n) is 7.56. The summed E-state index contributed by atoms with van der Waals surface area (Å²) in [7, 11) is 0. The summed E-state index contributed by atoms with van der Waals surface area (Å²) in [5.41, 5.74) is 1.22. The summed E-state index contributed by atoms with van der Waals surface area (Å²) in [6.45, 7) is 4.19. The van der Waals surface area contributed by atoms with Crippen LogP contribution in [0.25, 0.3) is 0 Å². The van der Waals surface area contributed by atoms with Crippen molar-refractivity contribution in [2.24, 2.45) is 0 Å². The molecule has 0 saturated carbocycles. The van der Waals surface area contributed by atoms with Gasteiger partial charge in [-0.2, -0.15) is 26.0 Å². The molecule has 0 amide bonds. The largest absolute Gasteiger partial charge is 0.354 e. The van der Waals surface area contributed by atoms with Gasteiger partial charge < -0.3 is 0 Å². The molecule has 0 atom stereocenters. The fourth-order valence-electron chi connectivity index (χ4n) is 3.78. The molecule has 6 heterocycles. The Labute approximate surface area is 226 Å². The summed E-state index contributed by atoms with van der Waals surface area (Å²) in [6.07, 6.45) is 18.6. The quantitative estimate of drug-likeness (QED) is 0.251. The Kier molecular flexibility index (Phi) is 8.02. The molecule has 0 aromatic carbocycles. The van der Waals surface area contributed by atoms with Gasteiger partial charge in [-0.1, -0.05) is 6.92 Å². The molecule has 6 aromatic heterocycles. The number of aromatic nitrogens is 10. The van der Waals surface area contributed by atoms with Crippen LogP contribution in [0, 0.1) is 19.9 Å². The molecule has 0 fully saturated rings. The summed E-state index contributed by atoms with van der Waals surface area (Å²) < 4.78 is 7.00. The summed E-state index contributed by atoms with van der Waals surface area (Å²) >= 11 is 1.78. The van der Waals surface area contributed by atoms with Crippen molar-refractivity contribution in [2.45, 2.75) is 26.2 Å². The first kappa shape index (κ1) is 25.4. The summed E-state index contributed by atoms with van der Waals surface area (Å²) in [6, 6.07) is 12.6. The molecular formula is C24H23N10PtS-. The minimum atomic E-state index is -0.986. The van der Waals surface area contributed by atoms with Crippen LogP contribution in [0.3, 0.4) is 0 Å². The van der Waals surface area contributed by atoms with Crippen LogP contribution in [0.1, 0.15) is 21.1 Å². The Morgan fingerprint density at radius 3 is 1.47 bits per heavy atom. The van der Waals surface area contributed by atoms with Gasteiger partial charge in [-0.25, -0.2) is 34.8 Å². The number of nitrogens with zero attached hydrogens (tertiary/aromatic N) is 10. The van der Waals surface area contributed by atoms with E-state index in [1.54, 1.807) is 67.2 Å². The molecule has 36 heavy (non-hydrogen) atoms. The molecule has 0 aliphatic carbocycles. The molecule has 186 valence electrons. The van der Waals surface area contributed by atoms with Gasteiger partial charge in [0.25, 0.3) is 0 Å². The third-order valence-electron chi connectivity index (χ3n) is 5.26. The fourth-order valence-corrected chi connectivity index (χ4v) is 4.66. The van der Waals surface area contributed by atoms with Gasteiger partial charge in [0, 0.05) is 89.5 Å². The van der Waals surface area contributed by atoms with Crippen molar-refractivity contribution in [2.75, 3.05) is 0 Å². The Morgan fingerprint density at radius 1 is 0.694 bits per heavy atom. The number of hydrogen-bond acceptors (Lipinski definition) is 7. The molecule has 0 aliphatic heterocycles. The number of aryl methyl sites for hydroxylation is 2. The van der Waals surface area contributed by atoms with Crippen LogP contribution in [0.5, 0.6) is 0 Å². The second kappa shape index (κ2) is 11.4. The molecule has 0 N–H and O–H groups in total. The van der Waals surface area contributed by atoms with Gasteiger partial charge in [0.15, 0.2) is 0 Å². The Morgan fingerprint density at radius 2 is 1.14 bits per heavy atom. The van der Waals surface area contributed by atoms with Crippen molar-refractivity contribution < 1.29 is 21.1 Å². The van der Waals surface area contributed by atoms with Crippen molar-refractivity contribution in [1.29, 1.82) is 0 Å². The summed E-state index contributed by atoms with van der Waals surface area (Å²) in [4.78, 5) is 10.9. The fraction of sp³-hybridized carbons (Fsp3) is 0.167. The average molecular weight is 679 g/mol. The normalized spacial score (nSPS) is 10.9. The molecule has 6 aromatic rings. The van der Waals surface area contributed by atoms with E-state index >= 15 is 0 Å². The van der Waals surface area contributed by atoms with E-state index in [1.807, 2.05) is 55.1 Å². The van der Waals surface area contributed by atoms with E-state index in [9.17, 15) is 0 Å². The van der Waals surface area contributed by atoms with Crippen LogP contribution in [0.15, 0.2) is 92.3 Å². The maximum Gasteiger partial charge on any atom is 0.354 e. The van der Waals surface area contributed by atoms with E-state index in [0.717, 1.165) is 12.2 Å². The van der Waals surface area contributed by atoms with Gasteiger partial charge in [0.2, 0.25) is 0 Å². The molecule has 0 radical (unpaired) electrons. The SMILES string of the molecule is Cc1[c-]c(Cc2ncccn2)c(C)s1.[Pt].c1cnn(C(n2cccn2)(n2cccn2)n2cccn2)c1. The molecule has 6 rings (SSSR count). The smallest absolute Gasteiger partial charge is 0.267 e. The van der Waals surface area contributed by atoms with E-state index in [-0.39, 0.29) is 21.1 Å². The van der Waals surface area contributed by atoms with Crippen LogP contribution < -0.4 is 0 Å². The van der Waals surface area contributed by atoms with E-state index in [4.69, 9.17) is 0 Å². The zero-order valence-corrected chi connectivity index (χ0v) is 22.7. The van der Waals surface area contributed by atoms with Crippen molar-refractivity contribution in [3.8, 4) is 0 Å². The first-order valence-electron chi connectivity index (χ1n) is 10.9. The maximum absolute atomic E-state index is 4.39. The predicted molar refractivity (Wildman–Crippen MR) is 131 cm³/mol. The number of hydrogen-bond donors (Lipinski definition) is 0. The van der Waals surface area contributed by atoms with Gasteiger partial charge in [-0.3, -0.25) is 11.3 Å². The minimum absolute atomic E-state index is 0. The van der Waals surface area contributed by atoms with Crippen LogP contribution in [0.2, 0.25) is 0 Å². The van der Waals surface area contributed by atoms with Gasteiger partial charge in [-0.15, -0.1) is 9.75 Å². The molecule has 12 heteroatoms. The van der Waals surface area contributed by atoms with Crippen molar-refractivity contribution in [1.82, 2.24) is 49.1 Å². The number of rotatable bonds is 6. The molecule has 0 unspecified atom stereocenters. The standard InChI is InChI=1S/C13H12N8.C11H11N2S.Pt/c1-5-14-18(9-1)13(19-10-2-6-15-19,20-11-3-7-16-20)21-12-4-8-17-21;1-8-6-10(9(2)14-8)7-11-12-4-3-5-13-11;/h1-12H;3-5H,7H2,1-2H3;/q;-1;. The zero-order chi connectivity index (χ0) is 24.1. The van der Waals surface area contributed by atoms with Gasteiger partial charge in [0.1, 0.15) is 5.82 Å². The van der Waals surface area contributed by atoms with Crippen molar-refractivity contribution in [3.63, 3.8) is 0 Å². The first-order valence-corrected chi connectivity index (χ1v) is 11.7. The van der Waals surface area contributed by atoms with E-state index in [2.05, 4.69) is 50.3 Å². The van der Waals surface area contributed by atoms with E-state index < -0.39 is 5.91 Å². The Balaban J connectivity index is 0.000000178. The van der Waals surface area contributed by atoms with Gasteiger partial charge >= 0.3 is 5.91 Å². The Hall–Kier alpha value is -3.69. The first-order chi connectivity index (χ1) is 17.2. The molecule has 0 spiro atoms.